The Morgan fingerprint density at radius 2 is 2.28 bits per heavy atom. The fraction of sp³-hybridized carbons (Fsp3) is 0.273. The van der Waals surface area contributed by atoms with Gasteiger partial charge < -0.3 is 9.67 Å². The van der Waals surface area contributed by atoms with E-state index in [4.69, 9.17) is 5.11 Å². The summed E-state index contributed by atoms with van der Waals surface area (Å²) in [5, 5.41) is 19.4. The van der Waals surface area contributed by atoms with Gasteiger partial charge in [0.05, 0.1) is 4.92 Å². The van der Waals surface area contributed by atoms with Crippen LogP contribution in [0.15, 0.2) is 34.8 Å². The van der Waals surface area contributed by atoms with Crippen molar-refractivity contribution in [3.8, 4) is 0 Å². The Kier molecular flexibility index (Phi) is 4.36. The molecule has 0 fully saturated rings. The minimum Gasteiger partial charge on any atom is -0.478 e. The van der Waals surface area contributed by atoms with Gasteiger partial charge in [0.2, 0.25) is 0 Å². The zero-order valence-electron chi connectivity index (χ0n) is 9.70. The molecule has 1 N–H and O–H groups in total. The lowest BCUT2D eigenvalue weighted by molar-refractivity contribution is -0.386. The summed E-state index contributed by atoms with van der Waals surface area (Å²) in [5.41, 5.74) is -1.12. The topological polar surface area (TPSA) is 102 Å². The Balaban J connectivity index is 3.06. The van der Waals surface area contributed by atoms with Crippen molar-refractivity contribution in [2.24, 2.45) is 0 Å². The Labute approximate surface area is 102 Å². The van der Waals surface area contributed by atoms with E-state index in [0.29, 0.717) is 6.42 Å². The first kappa shape index (κ1) is 13.6. The quantitative estimate of drug-likeness (QED) is 0.481. The van der Waals surface area contributed by atoms with Crippen molar-refractivity contribution in [1.29, 1.82) is 0 Å². The lowest BCUT2D eigenvalue weighted by Crippen LogP contribution is -2.21. The van der Waals surface area contributed by atoms with Gasteiger partial charge in [-0.1, -0.05) is 13.0 Å². The third-order valence-corrected chi connectivity index (χ3v) is 2.39. The average molecular weight is 252 g/mol. The van der Waals surface area contributed by atoms with Crippen LogP contribution in [0.2, 0.25) is 0 Å². The number of carbonyl (C=O) groups is 1. The van der Waals surface area contributed by atoms with E-state index in [1.807, 2.05) is 0 Å². The molecule has 0 aromatic carbocycles. The van der Waals surface area contributed by atoms with Crippen LogP contribution in [0.5, 0.6) is 0 Å². The predicted octanol–water partition coefficient (Wildman–Crippen LogP) is 1.18. The molecule has 1 heterocycles. The number of carboxylic acids is 1. The normalized spacial score (nSPS) is 11.3. The summed E-state index contributed by atoms with van der Waals surface area (Å²) < 4.78 is 1.09. The largest absolute Gasteiger partial charge is 0.478 e. The fourth-order valence-electron chi connectivity index (χ4n) is 1.40. The molecular weight excluding hydrogens is 240 g/mol. The molecule has 0 aliphatic carbocycles. The van der Waals surface area contributed by atoms with Crippen molar-refractivity contribution in [3.05, 3.63) is 50.4 Å². The molecule has 0 bridgehead atoms. The number of allylic oxidation sites excluding steroid dienone is 1. The molecular formula is C11H12N2O5. The summed E-state index contributed by atoms with van der Waals surface area (Å²) in [6.07, 6.45) is 3.06. The summed E-state index contributed by atoms with van der Waals surface area (Å²) in [6.45, 7) is 1.67. The SMILES string of the molecule is CCC(=CCn1cccc([N+](=O)[O-])c1=O)C(=O)O. The summed E-state index contributed by atoms with van der Waals surface area (Å²) in [4.78, 5) is 32.2. The molecule has 7 nitrogen and oxygen atoms in total. The van der Waals surface area contributed by atoms with Gasteiger partial charge in [-0.15, -0.1) is 0 Å². The van der Waals surface area contributed by atoms with Crippen LogP contribution in [0.25, 0.3) is 0 Å². The molecule has 0 saturated carbocycles. The van der Waals surface area contributed by atoms with Crippen molar-refractivity contribution in [3.63, 3.8) is 0 Å². The highest BCUT2D eigenvalue weighted by molar-refractivity contribution is 5.86. The number of pyridine rings is 1. The molecule has 1 aromatic rings. The third-order valence-electron chi connectivity index (χ3n) is 2.39. The molecule has 0 aliphatic heterocycles. The molecule has 0 saturated heterocycles. The van der Waals surface area contributed by atoms with E-state index >= 15 is 0 Å². The predicted molar refractivity (Wildman–Crippen MR) is 63.4 cm³/mol. The standard InChI is InChI=1S/C11H12N2O5/c1-2-8(11(15)16)5-7-12-6-3-4-9(10(12)14)13(17)18/h3-6H,2,7H2,1H3,(H,15,16). The van der Waals surface area contributed by atoms with E-state index in [0.717, 1.165) is 10.6 Å². The van der Waals surface area contributed by atoms with E-state index < -0.39 is 22.1 Å². The summed E-state index contributed by atoms with van der Waals surface area (Å²) in [5.74, 6) is -1.06. The maximum atomic E-state index is 11.6. The Bertz CT molecular complexity index is 559. The summed E-state index contributed by atoms with van der Waals surface area (Å²) in [7, 11) is 0. The fourth-order valence-corrected chi connectivity index (χ4v) is 1.40. The molecule has 0 spiro atoms. The third kappa shape index (κ3) is 3.03. The van der Waals surface area contributed by atoms with Crippen molar-refractivity contribution in [2.45, 2.75) is 19.9 Å². The summed E-state index contributed by atoms with van der Waals surface area (Å²) in [6, 6.07) is 2.49. The van der Waals surface area contributed by atoms with Crippen molar-refractivity contribution in [1.82, 2.24) is 4.57 Å². The number of hydrogen-bond acceptors (Lipinski definition) is 4. The van der Waals surface area contributed by atoms with Gasteiger partial charge in [0, 0.05) is 24.4 Å². The number of nitro groups is 1. The first-order chi connectivity index (χ1) is 8.47. The van der Waals surface area contributed by atoms with E-state index in [2.05, 4.69) is 0 Å². The van der Waals surface area contributed by atoms with E-state index in [1.54, 1.807) is 6.92 Å². The van der Waals surface area contributed by atoms with Gasteiger partial charge in [-0.2, -0.15) is 0 Å². The molecule has 0 atom stereocenters. The molecule has 7 heteroatoms. The molecule has 0 radical (unpaired) electrons. The second-order valence-corrected chi connectivity index (χ2v) is 3.50. The van der Waals surface area contributed by atoms with Gasteiger partial charge in [0.25, 0.3) is 0 Å². The zero-order chi connectivity index (χ0) is 13.7. The molecule has 1 aromatic heterocycles. The van der Waals surface area contributed by atoms with Gasteiger partial charge in [-0.05, 0) is 12.5 Å². The second kappa shape index (κ2) is 5.76. The summed E-state index contributed by atoms with van der Waals surface area (Å²) >= 11 is 0. The van der Waals surface area contributed by atoms with Crippen LogP contribution < -0.4 is 5.56 Å². The van der Waals surface area contributed by atoms with Crippen LogP contribution in [-0.2, 0) is 11.3 Å². The van der Waals surface area contributed by atoms with Gasteiger partial charge in [0.1, 0.15) is 0 Å². The average Bonchev–Trinajstić information content (AvgIpc) is 2.31. The molecule has 0 unspecified atom stereocenters. The first-order valence-electron chi connectivity index (χ1n) is 5.23. The van der Waals surface area contributed by atoms with Crippen molar-refractivity contribution in [2.75, 3.05) is 0 Å². The Morgan fingerprint density at radius 1 is 1.61 bits per heavy atom. The highest BCUT2D eigenvalue weighted by Crippen LogP contribution is 2.04. The number of carboxylic acid groups (broad SMARTS) is 1. The van der Waals surface area contributed by atoms with Crippen LogP contribution in [0, 0.1) is 10.1 Å². The molecule has 18 heavy (non-hydrogen) atoms. The Morgan fingerprint density at radius 3 is 2.78 bits per heavy atom. The van der Waals surface area contributed by atoms with Crippen LogP contribution in [0.4, 0.5) is 5.69 Å². The first-order valence-corrected chi connectivity index (χ1v) is 5.23. The van der Waals surface area contributed by atoms with Crippen molar-refractivity contribution < 1.29 is 14.8 Å². The lowest BCUT2D eigenvalue weighted by atomic mass is 10.2. The van der Waals surface area contributed by atoms with E-state index in [-0.39, 0.29) is 12.1 Å². The van der Waals surface area contributed by atoms with E-state index in [1.165, 1.54) is 18.3 Å². The van der Waals surface area contributed by atoms with Crippen LogP contribution in [0.3, 0.4) is 0 Å². The minimum atomic E-state index is -1.06. The zero-order valence-corrected chi connectivity index (χ0v) is 9.70. The van der Waals surface area contributed by atoms with Crippen molar-refractivity contribution >= 4 is 11.7 Å². The number of rotatable bonds is 5. The van der Waals surface area contributed by atoms with Gasteiger partial charge in [0.15, 0.2) is 0 Å². The highest BCUT2D eigenvalue weighted by atomic mass is 16.6. The van der Waals surface area contributed by atoms with Crippen LogP contribution >= 0.6 is 0 Å². The smallest absolute Gasteiger partial charge is 0.334 e. The lowest BCUT2D eigenvalue weighted by Gasteiger charge is -2.02. The van der Waals surface area contributed by atoms with Crippen LogP contribution in [0.1, 0.15) is 13.3 Å². The molecule has 0 amide bonds. The minimum absolute atomic E-state index is 0.00398. The van der Waals surface area contributed by atoms with Gasteiger partial charge >= 0.3 is 17.2 Å². The van der Waals surface area contributed by atoms with Crippen LogP contribution in [-0.4, -0.2) is 20.6 Å². The van der Waals surface area contributed by atoms with Gasteiger partial charge in [-0.3, -0.25) is 14.9 Å². The van der Waals surface area contributed by atoms with Gasteiger partial charge in [-0.25, -0.2) is 4.79 Å². The highest BCUT2D eigenvalue weighted by Gasteiger charge is 2.13. The maximum Gasteiger partial charge on any atom is 0.334 e. The monoisotopic (exact) mass is 252 g/mol. The molecule has 96 valence electrons. The Hall–Kier alpha value is -2.44. The number of aromatic nitrogens is 1. The second-order valence-electron chi connectivity index (χ2n) is 3.50. The number of aliphatic carboxylic acids is 1. The molecule has 1 rings (SSSR count). The molecule has 0 aliphatic rings. The van der Waals surface area contributed by atoms with E-state index in [9.17, 15) is 19.7 Å². The number of nitrogens with zero attached hydrogens (tertiary/aromatic N) is 2. The maximum absolute atomic E-state index is 11.6. The number of hydrogen-bond donors (Lipinski definition) is 1.